The van der Waals surface area contributed by atoms with Crippen LogP contribution in [0.5, 0.6) is 0 Å². The van der Waals surface area contributed by atoms with E-state index >= 15 is 0 Å². The van der Waals surface area contributed by atoms with Crippen molar-refractivity contribution in [2.75, 3.05) is 6.61 Å². The van der Waals surface area contributed by atoms with Gasteiger partial charge < -0.3 is 9.47 Å². The van der Waals surface area contributed by atoms with Gasteiger partial charge in [0.1, 0.15) is 0 Å². The Kier molecular flexibility index (Phi) is 5.09. The van der Waals surface area contributed by atoms with Gasteiger partial charge in [0.25, 0.3) is 0 Å². The molecule has 0 spiro atoms. The SMILES string of the molecule is CCOC(=O)C1CC(I)C(OC2CCCC2)C1. The molecule has 3 atom stereocenters. The molecule has 0 bridgehead atoms. The fraction of sp³-hybridized carbons (Fsp3) is 0.923. The van der Waals surface area contributed by atoms with E-state index in [0.29, 0.717) is 16.6 Å². The molecule has 0 saturated heterocycles. The Hall–Kier alpha value is 0.160. The standard InChI is InChI=1S/C13H21IO3/c1-2-16-13(15)9-7-11(14)12(8-9)17-10-5-3-4-6-10/h9-12H,2-8H2,1H3. The lowest BCUT2D eigenvalue weighted by Crippen LogP contribution is -2.24. The van der Waals surface area contributed by atoms with Gasteiger partial charge in [-0.1, -0.05) is 35.4 Å². The Morgan fingerprint density at radius 3 is 2.65 bits per heavy atom. The van der Waals surface area contributed by atoms with Crippen molar-refractivity contribution in [2.45, 2.75) is 61.6 Å². The van der Waals surface area contributed by atoms with E-state index in [1.807, 2.05) is 6.92 Å². The van der Waals surface area contributed by atoms with Crippen molar-refractivity contribution in [1.82, 2.24) is 0 Å². The molecule has 2 aliphatic carbocycles. The highest BCUT2D eigenvalue weighted by molar-refractivity contribution is 14.1. The zero-order valence-electron chi connectivity index (χ0n) is 10.4. The molecule has 98 valence electrons. The fourth-order valence-electron chi connectivity index (χ4n) is 2.81. The number of esters is 1. The lowest BCUT2D eigenvalue weighted by molar-refractivity contribution is -0.148. The molecule has 0 radical (unpaired) electrons. The van der Waals surface area contributed by atoms with Crippen LogP contribution in [0.15, 0.2) is 0 Å². The van der Waals surface area contributed by atoms with Crippen LogP contribution in [0.4, 0.5) is 0 Å². The molecule has 0 aromatic rings. The number of alkyl halides is 1. The molecule has 2 fully saturated rings. The van der Waals surface area contributed by atoms with Crippen molar-refractivity contribution in [3.63, 3.8) is 0 Å². The molecule has 4 heteroatoms. The molecule has 0 heterocycles. The molecule has 2 rings (SSSR count). The third kappa shape index (κ3) is 3.56. The highest BCUT2D eigenvalue weighted by Crippen LogP contribution is 2.36. The van der Waals surface area contributed by atoms with Gasteiger partial charge in [-0.3, -0.25) is 4.79 Å². The monoisotopic (exact) mass is 352 g/mol. The molecule has 0 amide bonds. The first-order valence-corrected chi connectivity index (χ1v) is 7.91. The van der Waals surface area contributed by atoms with Gasteiger partial charge in [-0.2, -0.15) is 0 Å². The minimum atomic E-state index is -0.0355. The summed E-state index contributed by atoms with van der Waals surface area (Å²) in [5.74, 6) is 0.0231. The van der Waals surface area contributed by atoms with Gasteiger partial charge in [-0.25, -0.2) is 0 Å². The summed E-state index contributed by atoms with van der Waals surface area (Å²) in [6.45, 7) is 2.34. The van der Waals surface area contributed by atoms with Gasteiger partial charge in [-0.15, -0.1) is 0 Å². The number of carbonyl (C=O) groups is 1. The summed E-state index contributed by atoms with van der Waals surface area (Å²) >= 11 is 2.42. The summed E-state index contributed by atoms with van der Waals surface area (Å²) in [5.41, 5.74) is 0. The summed E-state index contributed by atoms with van der Waals surface area (Å²) < 4.78 is 11.7. The number of carbonyl (C=O) groups excluding carboxylic acids is 1. The summed E-state index contributed by atoms with van der Waals surface area (Å²) in [5, 5.41) is 0. The van der Waals surface area contributed by atoms with Crippen LogP contribution in [0.3, 0.4) is 0 Å². The van der Waals surface area contributed by atoms with E-state index in [4.69, 9.17) is 9.47 Å². The molecule has 3 unspecified atom stereocenters. The van der Waals surface area contributed by atoms with Crippen LogP contribution in [0.1, 0.15) is 45.4 Å². The van der Waals surface area contributed by atoms with Gasteiger partial charge in [0.05, 0.1) is 24.7 Å². The predicted octanol–water partition coefficient (Wildman–Crippen LogP) is 3.09. The largest absolute Gasteiger partial charge is 0.466 e. The molecule has 0 N–H and O–H groups in total. The summed E-state index contributed by atoms with van der Waals surface area (Å²) in [4.78, 5) is 11.7. The normalized spacial score (nSPS) is 34.1. The van der Waals surface area contributed by atoms with Crippen LogP contribution in [0.2, 0.25) is 0 Å². The van der Waals surface area contributed by atoms with Crippen molar-refractivity contribution in [2.24, 2.45) is 5.92 Å². The number of rotatable bonds is 4. The van der Waals surface area contributed by atoms with Gasteiger partial charge in [0.2, 0.25) is 0 Å². The van der Waals surface area contributed by atoms with Crippen molar-refractivity contribution in [1.29, 1.82) is 0 Å². The van der Waals surface area contributed by atoms with Crippen LogP contribution in [-0.4, -0.2) is 28.7 Å². The molecule has 3 nitrogen and oxygen atoms in total. The minimum Gasteiger partial charge on any atom is -0.466 e. The fourth-order valence-corrected chi connectivity index (χ4v) is 3.89. The highest BCUT2D eigenvalue weighted by atomic mass is 127. The van der Waals surface area contributed by atoms with Crippen molar-refractivity contribution >= 4 is 28.6 Å². The quantitative estimate of drug-likeness (QED) is 0.443. The predicted molar refractivity (Wildman–Crippen MR) is 74.3 cm³/mol. The van der Waals surface area contributed by atoms with Gasteiger partial charge in [-0.05, 0) is 32.6 Å². The van der Waals surface area contributed by atoms with E-state index in [0.717, 1.165) is 12.8 Å². The van der Waals surface area contributed by atoms with E-state index in [-0.39, 0.29) is 18.0 Å². The van der Waals surface area contributed by atoms with E-state index in [1.54, 1.807) is 0 Å². The van der Waals surface area contributed by atoms with Gasteiger partial charge in [0, 0.05) is 3.92 Å². The minimum absolute atomic E-state index is 0.0355. The maximum atomic E-state index is 11.7. The number of hydrogen-bond donors (Lipinski definition) is 0. The van der Waals surface area contributed by atoms with Gasteiger partial charge in [0.15, 0.2) is 0 Å². The average molecular weight is 352 g/mol. The second kappa shape index (κ2) is 6.36. The zero-order chi connectivity index (χ0) is 12.3. The average Bonchev–Trinajstić information content (AvgIpc) is 2.91. The Labute approximate surface area is 117 Å². The highest BCUT2D eigenvalue weighted by Gasteiger charge is 2.39. The number of hydrogen-bond acceptors (Lipinski definition) is 3. The first-order chi connectivity index (χ1) is 8.20. The Morgan fingerprint density at radius 2 is 2.00 bits per heavy atom. The van der Waals surface area contributed by atoms with Crippen LogP contribution in [-0.2, 0) is 14.3 Å². The Morgan fingerprint density at radius 1 is 1.29 bits per heavy atom. The first-order valence-electron chi connectivity index (χ1n) is 6.67. The van der Waals surface area contributed by atoms with Crippen LogP contribution < -0.4 is 0 Å². The molecule has 0 aromatic heterocycles. The van der Waals surface area contributed by atoms with E-state index in [1.165, 1.54) is 25.7 Å². The summed E-state index contributed by atoms with van der Waals surface area (Å²) in [6.07, 6.45) is 7.45. The van der Waals surface area contributed by atoms with Crippen LogP contribution in [0.25, 0.3) is 0 Å². The third-order valence-electron chi connectivity index (χ3n) is 3.72. The maximum absolute atomic E-state index is 11.7. The van der Waals surface area contributed by atoms with Crippen molar-refractivity contribution in [3.8, 4) is 0 Å². The smallest absolute Gasteiger partial charge is 0.309 e. The topological polar surface area (TPSA) is 35.5 Å². The van der Waals surface area contributed by atoms with E-state index in [2.05, 4.69) is 22.6 Å². The second-order valence-electron chi connectivity index (χ2n) is 5.02. The number of ether oxygens (including phenoxy) is 2. The van der Waals surface area contributed by atoms with E-state index in [9.17, 15) is 4.79 Å². The van der Waals surface area contributed by atoms with Crippen molar-refractivity contribution in [3.05, 3.63) is 0 Å². The molecular formula is C13H21IO3. The molecule has 17 heavy (non-hydrogen) atoms. The summed E-state index contributed by atoms with van der Waals surface area (Å²) in [6, 6.07) is 0. The van der Waals surface area contributed by atoms with Crippen LogP contribution >= 0.6 is 22.6 Å². The molecule has 0 aliphatic heterocycles. The number of halogens is 1. The van der Waals surface area contributed by atoms with Crippen molar-refractivity contribution < 1.29 is 14.3 Å². The Balaban J connectivity index is 1.81. The van der Waals surface area contributed by atoms with Crippen LogP contribution in [0, 0.1) is 5.92 Å². The van der Waals surface area contributed by atoms with Gasteiger partial charge >= 0.3 is 5.97 Å². The van der Waals surface area contributed by atoms with E-state index < -0.39 is 0 Å². The zero-order valence-corrected chi connectivity index (χ0v) is 12.5. The molecule has 2 saturated carbocycles. The molecular weight excluding hydrogens is 331 g/mol. The Bertz CT molecular complexity index is 263. The third-order valence-corrected chi connectivity index (χ3v) is 5.03. The lowest BCUT2D eigenvalue weighted by atomic mass is 10.1. The molecule has 2 aliphatic rings. The first kappa shape index (κ1) is 13.6. The maximum Gasteiger partial charge on any atom is 0.309 e. The lowest BCUT2D eigenvalue weighted by Gasteiger charge is -2.20. The summed E-state index contributed by atoms with van der Waals surface area (Å²) in [7, 11) is 0. The molecule has 0 aromatic carbocycles. The second-order valence-corrected chi connectivity index (χ2v) is 6.62.